The van der Waals surface area contributed by atoms with E-state index in [1.54, 1.807) is 24.4 Å². The van der Waals surface area contributed by atoms with Crippen LogP contribution < -0.4 is 21.1 Å². The van der Waals surface area contributed by atoms with Crippen molar-refractivity contribution in [3.63, 3.8) is 0 Å². The lowest BCUT2D eigenvalue weighted by Crippen LogP contribution is -2.32. The Kier molecular flexibility index (Phi) is 8.43. The fourth-order valence-corrected chi connectivity index (χ4v) is 4.04. The molecule has 186 valence electrons. The summed E-state index contributed by atoms with van der Waals surface area (Å²) in [6.07, 6.45) is 8.71. The van der Waals surface area contributed by atoms with E-state index in [1.165, 1.54) is 12.4 Å². The molecule has 1 aliphatic carbocycles. The van der Waals surface area contributed by atoms with Gasteiger partial charge in [0.2, 0.25) is 11.8 Å². The minimum absolute atomic E-state index is 0.165. The van der Waals surface area contributed by atoms with E-state index in [-0.39, 0.29) is 23.4 Å². The van der Waals surface area contributed by atoms with Crippen molar-refractivity contribution in [1.82, 2.24) is 14.9 Å². The standard InChI is InChI=1S/C24H29Cl2N7O2/c1-33-9-7-16(8-10-33)28-12-17(11-27)30-24-29-13-18(23(32-24)35-14-15-5-6-15)22(34)31-21-19(25)3-2-4-20(21)26/h2-4,11-13,15-16H,5-10,14,27H2,1H3,(H,31,34)(H,29,30,32)/b17-11+,28-12?. The Labute approximate surface area is 214 Å². The molecule has 4 N–H and O–H groups in total. The summed E-state index contributed by atoms with van der Waals surface area (Å²) in [6.45, 7) is 2.51. The number of aromatic nitrogens is 2. The summed E-state index contributed by atoms with van der Waals surface area (Å²) < 4.78 is 5.89. The number of piperidine rings is 1. The van der Waals surface area contributed by atoms with Gasteiger partial charge < -0.3 is 26.0 Å². The van der Waals surface area contributed by atoms with E-state index in [0.717, 1.165) is 38.8 Å². The summed E-state index contributed by atoms with van der Waals surface area (Å²) in [7, 11) is 2.11. The largest absolute Gasteiger partial charge is 0.477 e. The molecule has 0 atom stereocenters. The minimum atomic E-state index is -0.476. The van der Waals surface area contributed by atoms with Gasteiger partial charge in [0, 0.05) is 18.6 Å². The molecule has 2 heterocycles. The number of anilines is 2. The summed E-state index contributed by atoms with van der Waals surface area (Å²) in [4.78, 5) is 28.7. The fraction of sp³-hybridized carbons (Fsp3) is 0.417. The van der Waals surface area contributed by atoms with Crippen LogP contribution in [-0.2, 0) is 0 Å². The first-order valence-corrected chi connectivity index (χ1v) is 12.3. The zero-order valence-corrected chi connectivity index (χ0v) is 21.0. The molecule has 9 nitrogen and oxygen atoms in total. The number of likely N-dealkylation sites (tertiary alicyclic amines) is 1. The molecule has 35 heavy (non-hydrogen) atoms. The van der Waals surface area contributed by atoms with Crippen LogP contribution in [0.3, 0.4) is 0 Å². The predicted octanol–water partition coefficient (Wildman–Crippen LogP) is 4.20. The van der Waals surface area contributed by atoms with Crippen LogP contribution in [0.4, 0.5) is 11.6 Å². The summed E-state index contributed by atoms with van der Waals surface area (Å²) in [5.74, 6) is 0.403. The van der Waals surface area contributed by atoms with E-state index in [1.807, 2.05) is 0 Å². The molecule has 0 bridgehead atoms. The molecule has 2 aromatic rings. The third kappa shape index (κ3) is 7.06. The maximum atomic E-state index is 13.0. The number of hydrogen-bond acceptors (Lipinski definition) is 8. The number of rotatable bonds is 9. The van der Waals surface area contributed by atoms with Crippen LogP contribution in [0.5, 0.6) is 5.88 Å². The lowest BCUT2D eigenvalue weighted by Gasteiger charge is -2.26. The van der Waals surface area contributed by atoms with Crippen molar-refractivity contribution < 1.29 is 9.53 Å². The Morgan fingerprint density at radius 1 is 1.23 bits per heavy atom. The topological polar surface area (TPSA) is 118 Å². The van der Waals surface area contributed by atoms with Crippen LogP contribution in [0.2, 0.25) is 10.0 Å². The Bertz CT molecular complexity index is 1090. The average Bonchev–Trinajstić information content (AvgIpc) is 3.68. The van der Waals surface area contributed by atoms with E-state index in [2.05, 4.69) is 37.5 Å². The fourth-order valence-electron chi connectivity index (χ4n) is 3.55. The number of carbonyl (C=O) groups is 1. The second kappa shape index (κ2) is 11.7. The van der Waals surface area contributed by atoms with Crippen molar-refractivity contribution in [2.75, 3.05) is 37.4 Å². The van der Waals surface area contributed by atoms with Gasteiger partial charge in [0.15, 0.2) is 0 Å². The number of nitrogens with zero attached hydrogens (tertiary/aromatic N) is 4. The lowest BCUT2D eigenvalue weighted by molar-refractivity contribution is 0.102. The third-order valence-electron chi connectivity index (χ3n) is 5.90. The Balaban J connectivity index is 1.49. The maximum absolute atomic E-state index is 13.0. The van der Waals surface area contributed by atoms with Crippen LogP contribution in [0.1, 0.15) is 36.0 Å². The summed E-state index contributed by atoms with van der Waals surface area (Å²) in [5, 5.41) is 6.44. The smallest absolute Gasteiger partial charge is 0.262 e. The summed E-state index contributed by atoms with van der Waals surface area (Å²) >= 11 is 12.4. The number of ether oxygens (including phenoxy) is 1. The predicted molar refractivity (Wildman–Crippen MR) is 140 cm³/mol. The van der Waals surface area contributed by atoms with Gasteiger partial charge in [0.1, 0.15) is 5.56 Å². The molecule has 4 rings (SSSR count). The second-order valence-corrected chi connectivity index (χ2v) is 9.59. The lowest BCUT2D eigenvalue weighted by atomic mass is 10.1. The number of aliphatic imine (C=N–C) groups is 1. The number of allylic oxidation sites excluding steroid dienone is 1. The number of para-hydroxylation sites is 1. The van der Waals surface area contributed by atoms with Crippen molar-refractivity contribution in [3.8, 4) is 5.88 Å². The van der Waals surface area contributed by atoms with Crippen LogP contribution in [0, 0.1) is 5.92 Å². The highest BCUT2D eigenvalue weighted by molar-refractivity contribution is 6.40. The van der Waals surface area contributed by atoms with Gasteiger partial charge in [-0.05, 0) is 63.9 Å². The highest BCUT2D eigenvalue weighted by Crippen LogP contribution is 2.32. The maximum Gasteiger partial charge on any atom is 0.262 e. The number of nitrogens with two attached hydrogens (primary N) is 1. The molecule has 0 spiro atoms. The average molecular weight is 518 g/mol. The van der Waals surface area contributed by atoms with Gasteiger partial charge in [0.25, 0.3) is 5.91 Å². The summed E-state index contributed by atoms with van der Waals surface area (Å²) in [6, 6.07) is 5.24. The van der Waals surface area contributed by atoms with Gasteiger partial charge >= 0.3 is 0 Å². The molecule has 2 fully saturated rings. The number of hydrogen-bond donors (Lipinski definition) is 3. The molecule has 1 saturated heterocycles. The van der Waals surface area contributed by atoms with Gasteiger partial charge in [-0.3, -0.25) is 9.79 Å². The van der Waals surface area contributed by atoms with E-state index in [4.69, 9.17) is 33.7 Å². The van der Waals surface area contributed by atoms with Crippen molar-refractivity contribution in [1.29, 1.82) is 0 Å². The van der Waals surface area contributed by atoms with E-state index < -0.39 is 5.91 Å². The molecule has 1 aromatic heterocycles. The SMILES string of the molecule is CN1CCC(N=C/C(=C\N)Nc2ncc(C(=O)Nc3c(Cl)cccc3Cl)c(OCC3CC3)n2)CC1. The monoisotopic (exact) mass is 517 g/mol. The van der Waals surface area contributed by atoms with Crippen molar-refractivity contribution >= 4 is 47.0 Å². The van der Waals surface area contributed by atoms with E-state index >= 15 is 0 Å². The Hall–Kier alpha value is -2.88. The molecule has 2 aliphatic rings. The zero-order chi connectivity index (χ0) is 24.8. The van der Waals surface area contributed by atoms with Gasteiger partial charge in [-0.1, -0.05) is 29.3 Å². The number of halogens is 2. The minimum Gasteiger partial charge on any atom is -0.477 e. The van der Waals surface area contributed by atoms with Crippen LogP contribution in [-0.4, -0.2) is 59.8 Å². The van der Waals surface area contributed by atoms with Crippen LogP contribution >= 0.6 is 23.2 Å². The van der Waals surface area contributed by atoms with Crippen molar-refractivity contribution in [3.05, 3.63) is 51.9 Å². The normalized spacial score (nSPS) is 17.5. The van der Waals surface area contributed by atoms with E-state index in [0.29, 0.717) is 34.0 Å². The zero-order valence-electron chi connectivity index (χ0n) is 19.5. The van der Waals surface area contributed by atoms with Gasteiger partial charge in [0.05, 0.1) is 34.1 Å². The number of nitrogens with one attached hydrogen (secondary N) is 2. The van der Waals surface area contributed by atoms with Crippen molar-refractivity contribution in [2.24, 2.45) is 16.6 Å². The molecule has 11 heteroatoms. The van der Waals surface area contributed by atoms with E-state index in [9.17, 15) is 4.79 Å². The Morgan fingerprint density at radius 2 is 1.94 bits per heavy atom. The molecular formula is C24H29Cl2N7O2. The summed E-state index contributed by atoms with van der Waals surface area (Å²) in [5.41, 5.74) is 6.83. The van der Waals surface area contributed by atoms with Gasteiger partial charge in [-0.25, -0.2) is 4.98 Å². The van der Waals surface area contributed by atoms with Crippen LogP contribution in [0.25, 0.3) is 0 Å². The van der Waals surface area contributed by atoms with Gasteiger partial charge in [-0.15, -0.1) is 0 Å². The number of carbonyl (C=O) groups excluding carboxylic acids is 1. The third-order valence-corrected chi connectivity index (χ3v) is 6.53. The first kappa shape index (κ1) is 25.2. The number of amides is 1. The molecule has 1 amide bonds. The molecule has 1 saturated carbocycles. The molecular weight excluding hydrogens is 489 g/mol. The highest BCUT2D eigenvalue weighted by atomic mass is 35.5. The Morgan fingerprint density at radius 3 is 2.60 bits per heavy atom. The quantitative estimate of drug-likeness (QED) is 0.426. The molecule has 0 unspecified atom stereocenters. The van der Waals surface area contributed by atoms with Gasteiger partial charge in [-0.2, -0.15) is 4.98 Å². The molecule has 1 aliphatic heterocycles. The highest BCUT2D eigenvalue weighted by Gasteiger charge is 2.25. The van der Waals surface area contributed by atoms with Crippen LogP contribution in [0.15, 0.2) is 41.3 Å². The molecule has 1 aromatic carbocycles. The second-order valence-electron chi connectivity index (χ2n) is 8.78. The molecule has 0 radical (unpaired) electrons. The first-order chi connectivity index (χ1) is 16.9. The van der Waals surface area contributed by atoms with Crippen molar-refractivity contribution in [2.45, 2.75) is 31.7 Å². The number of benzene rings is 1. The first-order valence-electron chi connectivity index (χ1n) is 11.6.